The van der Waals surface area contributed by atoms with Crippen LogP contribution < -0.4 is 9.80 Å². The van der Waals surface area contributed by atoms with Gasteiger partial charge in [-0.3, -0.25) is 5.21 Å². The van der Waals surface area contributed by atoms with Gasteiger partial charge in [-0.05, 0) is 0 Å². The van der Waals surface area contributed by atoms with E-state index in [0.717, 1.165) is 5.06 Å². The molecule has 0 saturated heterocycles. The van der Waals surface area contributed by atoms with E-state index in [9.17, 15) is 0 Å². The molecule has 0 saturated carbocycles. The van der Waals surface area contributed by atoms with Gasteiger partial charge in [0.25, 0.3) is 5.88 Å². The molecule has 1 aromatic heterocycles. The summed E-state index contributed by atoms with van der Waals surface area (Å²) < 4.78 is 9.77. The van der Waals surface area contributed by atoms with Crippen LogP contribution in [0.25, 0.3) is 0 Å². The van der Waals surface area contributed by atoms with Crippen LogP contribution in [0, 0.1) is 0 Å². The maximum absolute atomic E-state index is 8.88. The van der Waals surface area contributed by atoms with Crippen LogP contribution in [-0.4, -0.2) is 11.9 Å². The van der Waals surface area contributed by atoms with Crippen molar-refractivity contribution in [2.24, 2.45) is 0 Å². The number of hydrogen-bond acceptors (Lipinski definition) is 4. The van der Waals surface area contributed by atoms with Crippen LogP contribution in [0.5, 0.6) is 5.75 Å². The first-order chi connectivity index (χ1) is 4.38. The molecule has 0 aromatic carbocycles. The monoisotopic (exact) mass is 127 g/mol. The average Bonchev–Trinajstić information content (AvgIpc) is 2.35. The van der Waals surface area contributed by atoms with Gasteiger partial charge in [0, 0.05) is 6.07 Å². The van der Waals surface area contributed by atoms with Gasteiger partial charge in [0.2, 0.25) is 0 Å². The lowest BCUT2D eigenvalue weighted by molar-refractivity contribution is 0.184. The summed E-state index contributed by atoms with van der Waals surface area (Å²) >= 11 is 0. The van der Waals surface area contributed by atoms with Crippen molar-refractivity contribution in [3.8, 4) is 5.75 Å². The Bertz CT molecular complexity index is 220. The topological polar surface area (TPSA) is 45.8 Å². The SMILES string of the molecule is ON1COc2ccoc21. The molecule has 0 fully saturated rings. The van der Waals surface area contributed by atoms with Crippen LogP contribution in [0.3, 0.4) is 0 Å². The Hall–Kier alpha value is -1.16. The van der Waals surface area contributed by atoms with Gasteiger partial charge in [0.15, 0.2) is 12.5 Å². The van der Waals surface area contributed by atoms with E-state index < -0.39 is 0 Å². The Balaban J connectivity index is 2.49. The first kappa shape index (κ1) is 4.69. The first-order valence-electron chi connectivity index (χ1n) is 2.54. The lowest BCUT2D eigenvalue weighted by atomic mass is 10.6. The van der Waals surface area contributed by atoms with E-state index in [4.69, 9.17) is 14.4 Å². The first-order valence-corrected chi connectivity index (χ1v) is 2.54. The molecule has 2 heterocycles. The third-order valence-corrected chi connectivity index (χ3v) is 1.19. The Morgan fingerprint density at radius 3 is 3.33 bits per heavy atom. The molecule has 4 nitrogen and oxygen atoms in total. The second kappa shape index (κ2) is 1.41. The zero-order chi connectivity index (χ0) is 6.27. The fraction of sp³-hybridized carbons (Fsp3) is 0.200. The maximum Gasteiger partial charge on any atom is 0.265 e. The lowest BCUT2D eigenvalue weighted by Crippen LogP contribution is -2.15. The minimum Gasteiger partial charge on any atom is -0.465 e. The average molecular weight is 127 g/mol. The highest BCUT2D eigenvalue weighted by molar-refractivity contribution is 5.50. The van der Waals surface area contributed by atoms with Crippen molar-refractivity contribution >= 4 is 5.88 Å². The molecule has 0 unspecified atom stereocenters. The fourth-order valence-electron chi connectivity index (χ4n) is 0.777. The van der Waals surface area contributed by atoms with Crippen molar-refractivity contribution in [2.45, 2.75) is 0 Å². The van der Waals surface area contributed by atoms with E-state index in [-0.39, 0.29) is 6.73 Å². The van der Waals surface area contributed by atoms with Gasteiger partial charge in [0.05, 0.1) is 6.26 Å². The van der Waals surface area contributed by atoms with Crippen molar-refractivity contribution < 1.29 is 14.4 Å². The molecule has 0 radical (unpaired) electrons. The Morgan fingerprint density at radius 2 is 2.56 bits per heavy atom. The summed E-state index contributed by atoms with van der Waals surface area (Å²) in [4.78, 5) is 0. The molecule has 0 bridgehead atoms. The minimum absolute atomic E-state index is 0.162. The van der Waals surface area contributed by atoms with Gasteiger partial charge in [0.1, 0.15) is 0 Å². The number of ether oxygens (including phenoxy) is 1. The molecule has 9 heavy (non-hydrogen) atoms. The van der Waals surface area contributed by atoms with Crippen LogP contribution in [-0.2, 0) is 0 Å². The Labute approximate surface area is 51.2 Å². The van der Waals surface area contributed by atoms with E-state index >= 15 is 0 Å². The number of hydroxylamine groups is 1. The molecular formula is C5H5NO3. The Kier molecular flexibility index (Phi) is 0.738. The number of rotatable bonds is 0. The van der Waals surface area contributed by atoms with Crippen molar-refractivity contribution in [3.05, 3.63) is 12.3 Å². The molecule has 1 aliphatic rings. The van der Waals surface area contributed by atoms with E-state index in [0.29, 0.717) is 11.6 Å². The maximum atomic E-state index is 8.88. The highest BCUT2D eigenvalue weighted by Gasteiger charge is 2.21. The van der Waals surface area contributed by atoms with Crippen LogP contribution in [0.2, 0.25) is 0 Å². The van der Waals surface area contributed by atoms with E-state index in [1.165, 1.54) is 6.26 Å². The number of furan rings is 1. The molecule has 1 aromatic rings. The normalized spacial score (nSPS) is 15.4. The molecular weight excluding hydrogens is 122 g/mol. The van der Waals surface area contributed by atoms with Gasteiger partial charge in [-0.25, -0.2) is 0 Å². The van der Waals surface area contributed by atoms with Crippen molar-refractivity contribution in [1.29, 1.82) is 0 Å². The van der Waals surface area contributed by atoms with Gasteiger partial charge in [-0.1, -0.05) is 0 Å². The number of fused-ring (bicyclic) bond motifs is 1. The van der Waals surface area contributed by atoms with E-state index in [2.05, 4.69) is 0 Å². The van der Waals surface area contributed by atoms with Crippen molar-refractivity contribution in [1.82, 2.24) is 0 Å². The number of hydrogen-bond donors (Lipinski definition) is 1. The second-order valence-electron chi connectivity index (χ2n) is 1.76. The summed E-state index contributed by atoms with van der Waals surface area (Å²) in [5.74, 6) is 0.979. The molecule has 4 heteroatoms. The van der Waals surface area contributed by atoms with Crippen LogP contribution in [0.1, 0.15) is 0 Å². The zero-order valence-electron chi connectivity index (χ0n) is 4.57. The van der Waals surface area contributed by atoms with Crippen molar-refractivity contribution in [3.63, 3.8) is 0 Å². The quantitative estimate of drug-likeness (QED) is 0.560. The largest absolute Gasteiger partial charge is 0.465 e. The predicted octanol–water partition coefficient (Wildman–Crippen LogP) is 0.825. The second-order valence-corrected chi connectivity index (χ2v) is 1.76. The van der Waals surface area contributed by atoms with E-state index in [1.807, 2.05) is 0 Å². The zero-order valence-corrected chi connectivity index (χ0v) is 4.57. The van der Waals surface area contributed by atoms with Crippen LogP contribution in [0.4, 0.5) is 5.88 Å². The number of anilines is 1. The standard InChI is InChI=1S/C5H5NO3/c7-6-3-9-4-1-2-8-5(4)6/h1-2,7H,3H2. The summed E-state index contributed by atoms with van der Waals surface area (Å²) in [6.45, 7) is 0.162. The molecule has 0 aliphatic carbocycles. The summed E-state index contributed by atoms with van der Waals surface area (Å²) in [5.41, 5.74) is 0. The highest BCUT2D eigenvalue weighted by Crippen LogP contribution is 2.32. The van der Waals surface area contributed by atoms with Crippen LogP contribution >= 0.6 is 0 Å². The number of nitrogens with zero attached hydrogens (tertiary/aromatic N) is 1. The van der Waals surface area contributed by atoms with E-state index in [1.54, 1.807) is 6.07 Å². The lowest BCUT2D eigenvalue weighted by Gasteiger charge is -2.00. The van der Waals surface area contributed by atoms with Gasteiger partial charge >= 0.3 is 0 Å². The molecule has 2 rings (SSSR count). The minimum atomic E-state index is 0.162. The third kappa shape index (κ3) is 0.503. The van der Waals surface area contributed by atoms with Gasteiger partial charge in [-0.2, -0.15) is 5.06 Å². The molecule has 0 amide bonds. The van der Waals surface area contributed by atoms with Gasteiger partial charge < -0.3 is 9.15 Å². The summed E-state index contributed by atoms with van der Waals surface area (Å²) in [6, 6.07) is 1.66. The predicted molar refractivity (Wildman–Crippen MR) is 28.5 cm³/mol. The molecule has 0 atom stereocenters. The fourth-order valence-corrected chi connectivity index (χ4v) is 0.777. The molecule has 48 valence electrons. The molecule has 1 N–H and O–H groups in total. The summed E-state index contributed by atoms with van der Waals surface area (Å²) in [7, 11) is 0. The molecule has 1 aliphatic heterocycles. The summed E-state index contributed by atoms with van der Waals surface area (Å²) in [5, 5.41) is 9.80. The highest BCUT2D eigenvalue weighted by atomic mass is 16.6. The smallest absolute Gasteiger partial charge is 0.265 e. The van der Waals surface area contributed by atoms with Crippen molar-refractivity contribution in [2.75, 3.05) is 11.8 Å². The molecule has 0 spiro atoms. The van der Waals surface area contributed by atoms with Crippen LogP contribution in [0.15, 0.2) is 16.7 Å². The summed E-state index contributed by atoms with van der Waals surface area (Å²) in [6.07, 6.45) is 1.47. The third-order valence-electron chi connectivity index (χ3n) is 1.19. The van der Waals surface area contributed by atoms with Gasteiger partial charge in [-0.15, -0.1) is 0 Å². The Morgan fingerprint density at radius 1 is 1.67 bits per heavy atom.